The first-order chi connectivity index (χ1) is 24.5. The fourth-order valence-corrected chi connectivity index (χ4v) is 6.26. The van der Waals surface area contributed by atoms with E-state index in [0.717, 1.165) is 39.0 Å². The topological polar surface area (TPSA) is 83.1 Å². The summed E-state index contributed by atoms with van der Waals surface area (Å²) in [6.07, 6.45) is 30.9. The number of carbonyl (C=O) groups excluding carboxylic acids is 2. The zero-order chi connectivity index (χ0) is 36.3. The molecule has 8 heteroatoms. The van der Waals surface area contributed by atoms with Crippen molar-refractivity contribution in [1.29, 1.82) is 0 Å². The molecule has 1 aromatic rings. The molecule has 0 unspecified atom stereocenters. The van der Waals surface area contributed by atoms with E-state index in [2.05, 4.69) is 48.1 Å². The lowest BCUT2D eigenvalue weighted by Gasteiger charge is -2.20. The van der Waals surface area contributed by atoms with Crippen molar-refractivity contribution in [3.8, 4) is 0 Å². The number of hydrogen-bond acceptors (Lipinski definition) is 6. The van der Waals surface area contributed by atoms with E-state index in [0.29, 0.717) is 11.4 Å². The summed E-state index contributed by atoms with van der Waals surface area (Å²) in [6.45, 7) is 12.8. The van der Waals surface area contributed by atoms with E-state index >= 15 is 0 Å². The molecule has 1 rings (SSSR count). The van der Waals surface area contributed by atoms with Crippen LogP contribution in [0.3, 0.4) is 0 Å². The second-order valence-corrected chi connectivity index (χ2v) is 14.2. The average molecular weight is 703 g/mol. The minimum Gasteiger partial charge on any atom is -0.433 e. The molecular formula is C42H78N4O4. The number of hydrogen-bond donors (Lipinski definition) is 2. The Morgan fingerprint density at radius 3 is 1.08 bits per heavy atom. The second-order valence-electron chi connectivity index (χ2n) is 14.2. The summed E-state index contributed by atoms with van der Waals surface area (Å²) in [4.78, 5) is 29.3. The Kier molecular flexibility index (Phi) is 30.9. The van der Waals surface area contributed by atoms with Crippen LogP contribution in [0.25, 0.3) is 0 Å². The van der Waals surface area contributed by atoms with E-state index in [4.69, 9.17) is 9.47 Å². The van der Waals surface area contributed by atoms with Gasteiger partial charge >= 0.3 is 12.2 Å². The molecule has 0 bridgehead atoms. The molecule has 2 N–H and O–H groups in total. The number of carbonyl (C=O) groups is 2. The maximum atomic E-state index is 12.5. The third kappa shape index (κ3) is 27.4. The molecule has 0 aliphatic rings. The van der Waals surface area contributed by atoms with Crippen molar-refractivity contribution in [3.05, 3.63) is 24.3 Å². The zero-order valence-electron chi connectivity index (χ0n) is 33.1. The Bertz CT molecular complexity index is 862. The van der Waals surface area contributed by atoms with Gasteiger partial charge in [-0.1, -0.05) is 175 Å². The van der Waals surface area contributed by atoms with Crippen LogP contribution in [0.15, 0.2) is 24.3 Å². The van der Waals surface area contributed by atoms with E-state index < -0.39 is 12.2 Å². The summed E-state index contributed by atoms with van der Waals surface area (Å²) in [5.41, 5.74) is 1.11. The first-order valence-corrected chi connectivity index (χ1v) is 20.9. The molecule has 0 saturated carbocycles. The van der Waals surface area contributed by atoms with Gasteiger partial charge in [0.05, 0.1) is 0 Å². The summed E-state index contributed by atoms with van der Waals surface area (Å²) in [7, 11) is 0. The predicted octanol–water partition coefficient (Wildman–Crippen LogP) is 12.7. The molecule has 0 aliphatic heterocycles. The molecule has 0 saturated heterocycles. The molecule has 0 spiro atoms. The molecule has 0 radical (unpaired) electrons. The Hall–Kier alpha value is -2.32. The number of benzene rings is 1. The Morgan fingerprint density at radius 2 is 0.780 bits per heavy atom. The van der Waals surface area contributed by atoms with Crippen molar-refractivity contribution >= 4 is 23.6 Å². The normalized spacial score (nSPS) is 11.3. The van der Waals surface area contributed by atoms with Crippen LogP contribution >= 0.6 is 0 Å². The third-order valence-electron chi connectivity index (χ3n) is 9.66. The largest absolute Gasteiger partial charge is 0.433 e. The Balaban J connectivity index is 2.17. The van der Waals surface area contributed by atoms with Gasteiger partial charge in [0.25, 0.3) is 0 Å². The van der Waals surface area contributed by atoms with E-state index in [1.165, 1.54) is 141 Å². The summed E-state index contributed by atoms with van der Waals surface area (Å²) in [5, 5.41) is 5.56. The molecule has 8 nitrogen and oxygen atoms in total. The van der Waals surface area contributed by atoms with Gasteiger partial charge in [0, 0.05) is 24.5 Å². The molecule has 2 amide bonds. The molecule has 50 heavy (non-hydrogen) atoms. The Labute approximate surface area is 308 Å². The zero-order valence-corrected chi connectivity index (χ0v) is 33.1. The molecule has 0 aliphatic carbocycles. The van der Waals surface area contributed by atoms with Gasteiger partial charge in [0.2, 0.25) is 0 Å². The van der Waals surface area contributed by atoms with Crippen molar-refractivity contribution in [2.45, 2.75) is 182 Å². The maximum absolute atomic E-state index is 12.5. The van der Waals surface area contributed by atoms with Crippen LogP contribution in [-0.4, -0.2) is 61.6 Å². The van der Waals surface area contributed by atoms with Crippen molar-refractivity contribution in [2.75, 3.05) is 50.3 Å². The molecule has 1 aromatic carbocycles. The van der Waals surface area contributed by atoms with Gasteiger partial charge in [0.15, 0.2) is 0 Å². The lowest BCUT2D eigenvalue weighted by Crippen LogP contribution is -2.30. The fourth-order valence-electron chi connectivity index (χ4n) is 6.26. The number of nitrogens with one attached hydrogen (secondary N) is 2. The third-order valence-corrected chi connectivity index (χ3v) is 9.66. The van der Waals surface area contributed by atoms with Crippen LogP contribution in [0, 0.1) is 0 Å². The van der Waals surface area contributed by atoms with E-state index in [-0.39, 0.29) is 13.5 Å². The SMILES string of the molecule is CCCCCCCCCCCCCCN(CC)COC(=O)Nc1cccc(NC(=O)OCN(CC)CCCCCCCCCCCCCC)c1. The van der Waals surface area contributed by atoms with E-state index in [9.17, 15) is 9.59 Å². The highest BCUT2D eigenvalue weighted by molar-refractivity contribution is 5.88. The highest BCUT2D eigenvalue weighted by Gasteiger charge is 2.11. The fraction of sp³-hybridized carbons (Fsp3) is 0.810. The molecule has 0 heterocycles. The molecule has 0 atom stereocenters. The monoisotopic (exact) mass is 703 g/mol. The van der Waals surface area contributed by atoms with Gasteiger partial charge in [-0.3, -0.25) is 20.4 Å². The maximum Gasteiger partial charge on any atom is 0.412 e. The van der Waals surface area contributed by atoms with Crippen molar-refractivity contribution in [1.82, 2.24) is 9.80 Å². The highest BCUT2D eigenvalue weighted by atomic mass is 16.6. The smallest absolute Gasteiger partial charge is 0.412 e. The summed E-state index contributed by atoms with van der Waals surface area (Å²) < 4.78 is 11.0. The second kappa shape index (κ2) is 33.8. The van der Waals surface area contributed by atoms with Crippen LogP contribution in [0.2, 0.25) is 0 Å². The first kappa shape index (κ1) is 45.7. The van der Waals surface area contributed by atoms with Gasteiger partial charge in [-0.2, -0.15) is 0 Å². The van der Waals surface area contributed by atoms with Crippen molar-refractivity contribution in [3.63, 3.8) is 0 Å². The number of amides is 2. The Morgan fingerprint density at radius 1 is 0.480 bits per heavy atom. The van der Waals surface area contributed by atoms with Crippen molar-refractivity contribution in [2.24, 2.45) is 0 Å². The standard InChI is InChI=1S/C42H78N4O4/c1-5-9-11-13-15-17-19-21-23-25-27-29-34-45(7-3)37-49-41(47)43-39-32-31-33-40(36-39)44-42(48)50-38-46(8-4)35-30-28-26-24-22-20-18-16-14-12-10-6-2/h31-33,36H,5-30,34-35,37-38H2,1-4H3,(H,43,47)(H,44,48). The van der Waals surface area contributed by atoms with Crippen LogP contribution in [0.4, 0.5) is 21.0 Å². The van der Waals surface area contributed by atoms with Gasteiger partial charge in [0.1, 0.15) is 13.5 Å². The van der Waals surface area contributed by atoms with Crippen LogP contribution in [-0.2, 0) is 9.47 Å². The molecular weight excluding hydrogens is 624 g/mol. The van der Waals surface area contributed by atoms with Gasteiger partial charge in [-0.25, -0.2) is 9.59 Å². The van der Waals surface area contributed by atoms with Gasteiger partial charge < -0.3 is 9.47 Å². The molecule has 290 valence electrons. The minimum atomic E-state index is -0.505. The lowest BCUT2D eigenvalue weighted by molar-refractivity contribution is 0.0794. The summed E-state index contributed by atoms with van der Waals surface area (Å²) >= 11 is 0. The predicted molar refractivity (Wildman–Crippen MR) is 213 cm³/mol. The summed E-state index contributed by atoms with van der Waals surface area (Å²) in [5.74, 6) is 0. The average Bonchev–Trinajstić information content (AvgIpc) is 3.11. The van der Waals surface area contributed by atoms with E-state index in [1.807, 2.05) is 0 Å². The molecule has 0 aromatic heterocycles. The number of anilines is 2. The number of unbranched alkanes of at least 4 members (excludes halogenated alkanes) is 22. The highest BCUT2D eigenvalue weighted by Crippen LogP contribution is 2.17. The number of ether oxygens (including phenoxy) is 2. The number of rotatable bonds is 34. The first-order valence-electron chi connectivity index (χ1n) is 20.9. The molecule has 0 fully saturated rings. The lowest BCUT2D eigenvalue weighted by atomic mass is 10.1. The minimum absolute atomic E-state index is 0.262. The van der Waals surface area contributed by atoms with E-state index in [1.54, 1.807) is 24.3 Å². The van der Waals surface area contributed by atoms with Gasteiger partial charge in [-0.15, -0.1) is 0 Å². The van der Waals surface area contributed by atoms with Crippen LogP contribution in [0.1, 0.15) is 182 Å². The number of nitrogens with zero attached hydrogens (tertiary/aromatic N) is 2. The quantitative estimate of drug-likeness (QED) is 0.0549. The van der Waals surface area contributed by atoms with Crippen molar-refractivity contribution < 1.29 is 19.1 Å². The van der Waals surface area contributed by atoms with Gasteiger partial charge in [-0.05, 0) is 44.1 Å². The van der Waals surface area contributed by atoms with Crippen LogP contribution < -0.4 is 10.6 Å². The summed E-state index contributed by atoms with van der Waals surface area (Å²) in [6, 6.07) is 7.03. The van der Waals surface area contributed by atoms with Crippen LogP contribution in [0.5, 0.6) is 0 Å².